The Kier molecular flexibility index (Phi) is 5.25. The fraction of sp³-hybridized carbons (Fsp3) is 0.450. The van der Waals surface area contributed by atoms with Gasteiger partial charge >= 0.3 is 5.97 Å². The number of morpholine rings is 1. The Morgan fingerprint density at radius 2 is 2.00 bits per heavy atom. The van der Waals surface area contributed by atoms with Crippen molar-refractivity contribution < 1.29 is 19.4 Å². The summed E-state index contributed by atoms with van der Waals surface area (Å²) in [7, 11) is 0. The van der Waals surface area contributed by atoms with E-state index in [1.807, 2.05) is 26.8 Å². The predicted octanol–water partition coefficient (Wildman–Crippen LogP) is 1.77. The van der Waals surface area contributed by atoms with Crippen LogP contribution in [0.5, 0.6) is 5.75 Å². The van der Waals surface area contributed by atoms with Crippen LogP contribution in [0.15, 0.2) is 24.3 Å². The highest BCUT2D eigenvalue weighted by atomic mass is 16.6. The van der Waals surface area contributed by atoms with E-state index in [1.54, 1.807) is 18.2 Å². The van der Waals surface area contributed by atoms with E-state index in [4.69, 9.17) is 14.5 Å². The molecule has 0 amide bonds. The lowest BCUT2D eigenvalue weighted by atomic mass is 10.2. The van der Waals surface area contributed by atoms with Gasteiger partial charge in [-0.2, -0.15) is 0 Å². The SMILES string of the molecule is CC(C)(C)OC(=O)Cn1nnc2c(N3CCOCC3)nc(-c3cccc(O)c3)nc21. The zero-order chi connectivity index (χ0) is 21.3. The predicted molar refractivity (Wildman–Crippen MR) is 109 cm³/mol. The number of carbonyl (C=O) groups is 1. The second kappa shape index (κ2) is 7.86. The number of hydrogen-bond donors (Lipinski definition) is 1. The molecular formula is C20H24N6O4. The molecule has 2 aromatic heterocycles. The van der Waals surface area contributed by atoms with Gasteiger partial charge < -0.3 is 19.5 Å². The summed E-state index contributed by atoms with van der Waals surface area (Å²) < 4.78 is 12.3. The molecule has 3 heterocycles. The highest BCUT2D eigenvalue weighted by Crippen LogP contribution is 2.28. The molecule has 1 aromatic carbocycles. The minimum absolute atomic E-state index is 0.115. The maximum absolute atomic E-state index is 12.3. The quantitative estimate of drug-likeness (QED) is 0.640. The van der Waals surface area contributed by atoms with Gasteiger partial charge in [0, 0.05) is 18.7 Å². The molecule has 30 heavy (non-hydrogen) atoms. The largest absolute Gasteiger partial charge is 0.508 e. The van der Waals surface area contributed by atoms with Crippen LogP contribution in [0.4, 0.5) is 5.82 Å². The molecule has 1 aliphatic rings. The van der Waals surface area contributed by atoms with Crippen molar-refractivity contribution in [2.75, 3.05) is 31.2 Å². The standard InChI is InChI=1S/C20H24N6O4/c1-20(2,3)30-15(28)12-26-19-16(23-24-26)18(25-7-9-29-10-8-25)21-17(22-19)13-5-4-6-14(27)11-13/h4-6,11,27H,7-10,12H2,1-3H3. The van der Waals surface area contributed by atoms with Crippen LogP contribution in [0.3, 0.4) is 0 Å². The van der Waals surface area contributed by atoms with E-state index < -0.39 is 11.6 Å². The van der Waals surface area contributed by atoms with Gasteiger partial charge in [0.15, 0.2) is 22.8 Å². The van der Waals surface area contributed by atoms with Gasteiger partial charge in [0.05, 0.1) is 13.2 Å². The number of carbonyl (C=O) groups excluding carboxylic acids is 1. The Bertz CT molecular complexity index is 1070. The summed E-state index contributed by atoms with van der Waals surface area (Å²) in [4.78, 5) is 23.7. The average molecular weight is 412 g/mol. The maximum atomic E-state index is 12.3. The summed E-state index contributed by atoms with van der Waals surface area (Å²) in [5.41, 5.74) is 0.977. The third-order valence-electron chi connectivity index (χ3n) is 4.46. The van der Waals surface area contributed by atoms with Crippen LogP contribution in [0.1, 0.15) is 20.8 Å². The molecule has 0 unspecified atom stereocenters. The molecule has 0 bridgehead atoms. The molecule has 0 saturated carbocycles. The molecule has 1 N–H and O–H groups in total. The fourth-order valence-electron chi connectivity index (χ4n) is 3.21. The van der Waals surface area contributed by atoms with Crippen LogP contribution in [0.25, 0.3) is 22.6 Å². The van der Waals surface area contributed by atoms with Crippen molar-refractivity contribution in [3.05, 3.63) is 24.3 Å². The number of rotatable bonds is 4. The Balaban J connectivity index is 1.79. The Hall–Kier alpha value is -3.27. The van der Waals surface area contributed by atoms with E-state index in [0.29, 0.717) is 54.7 Å². The third-order valence-corrected chi connectivity index (χ3v) is 4.46. The molecular weight excluding hydrogens is 388 g/mol. The first-order valence-corrected chi connectivity index (χ1v) is 9.75. The smallest absolute Gasteiger partial charge is 0.328 e. The molecule has 0 spiro atoms. The van der Waals surface area contributed by atoms with Crippen molar-refractivity contribution in [2.24, 2.45) is 0 Å². The third kappa shape index (κ3) is 4.33. The summed E-state index contributed by atoms with van der Waals surface area (Å²) in [6, 6.07) is 6.71. The van der Waals surface area contributed by atoms with Gasteiger partial charge in [0.2, 0.25) is 0 Å². The second-order valence-corrected chi connectivity index (χ2v) is 8.03. The average Bonchev–Trinajstić information content (AvgIpc) is 3.09. The van der Waals surface area contributed by atoms with Crippen molar-refractivity contribution in [1.29, 1.82) is 0 Å². The molecule has 10 heteroatoms. The summed E-state index contributed by atoms with van der Waals surface area (Å²) >= 11 is 0. The minimum atomic E-state index is -0.603. The number of phenols is 1. The van der Waals surface area contributed by atoms with Crippen LogP contribution in [-0.4, -0.2) is 67.9 Å². The van der Waals surface area contributed by atoms with Gasteiger partial charge in [-0.05, 0) is 32.9 Å². The van der Waals surface area contributed by atoms with Crippen molar-refractivity contribution >= 4 is 23.0 Å². The lowest BCUT2D eigenvalue weighted by Crippen LogP contribution is -2.37. The summed E-state index contributed by atoms with van der Waals surface area (Å²) in [5, 5.41) is 18.2. The molecule has 0 aliphatic carbocycles. The summed E-state index contributed by atoms with van der Waals surface area (Å²) in [6.07, 6.45) is 0. The van der Waals surface area contributed by atoms with E-state index in [1.165, 1.54) is 4.68 Å². The number of phenolic OH excluding ortho intramolecular Hbond substituents is 1. The molecule has 1 saturated heterocycles. The van der Waals surface area contributed by atoms with Crippen LogP contribution in [0.2, 0.25) is 0 Å². The van der Waals surface area contributed by atoms with Crippen molar-refractivity contribution in [2.45, 2.75) is 32.9 Å². The number of esters is 1. The van der Waals surface area contributed by atoms with E-state index in [-0.39, 0.29) is 12.3 Å². The number of anilines is 1. The van der Waals surface area contributed by atoms with Crippen LogP contribution in [0, 0.1) is 0 Å². The van der Waals surface area contributed by atoms with Gasteiger partial charge in [-0.1, -0.05) is 17.3 Å². The first kappa shape index (κ1) is 20.0. The monoisotopic (exact) mass is 412 g/mol. The first-order chi connectivity index (χ1) is 14.3. The van der Waals surface area contributed by atoms with Gasteiger partial charge in [-0.15, -0.1) is 5.10 Å². The molecule has 158 valence electrons. The van der Waals surface area contributed by atoms with Crippen molar-refractivity contribution in [1.82, 2.24) is 25.0 Å². The Morgan fingerprint density at radius 3 is 2.70 bits per heavy atom. The highest BCUT2D eigenvalue weighted by molar-refractivity contribution is 5.86. The Labute approximate surface area is 173 Å². The van der Waals surface area contributed by atoms with Gasteiger partial charge in [-0.25, -0.2) is 14.6 Å². The topological polar surface area (TPSA) is 115 Å². The minimum Gasteiger partial charge on any atom is -0.508 e. The summed E-state index contributed by atoms with van der Waals surface area (Å²) in [6.45, 7) is 7.79. The number of hydrogen-bond acceptors (Lipinski definition) is 9. The van der Waals surface area contributed by atoms with E-state index in [9.17, 15) is 9.90 Å². The van der Waals surface area contributed by atoms with Gasteiger partial charge in [0.1, 0.15) is 17.9 Å². The number of aromatic nitrogens is 5. The van der Waals surface area contributed by atoms with Crippen LogP contribution < -0.4 is 4.90 Å². The number of nitrogens with zero attached hydrogens (tertiary/aromatic N) is 6. The molecule has 1 aliphatic heterocycles. The number of aromatic hydroxyl groups is 1. The highest BCUT2D eigenvalue weighted by Gasteiger charge is 2.24. The van der Waals surface area contributed by atoms with E-state index in [0.717, 1.165) is 0 Å². The summed E-state index contributed by atoms with van der Waals surface area (Å²) in [5.74, 6) is 0.717. The number of benzene rings is 1. The van der Waals surface area contributed by atoms with Gasteiger partial charge in [0.25, 0.3) is 0 Å². The van der Waals surface area contributed by atoms with Crippen molar-refractivity contribution in [3.8, 4) is 17.1 Å². The van der Waals surface area contributed by atoms with Crippen LogP contribution >= 0.6 is 0 Å². The number of fused-ring (bicyclic) bond motifs is 1. The normalized spacial score (nSPS) is 14.8. The fourth-order valence-corrected chi connectivity index (χ4v) is 3.21. The molecule has 3 aromatic rings. The second-order valence-electron chi connectivity index (χ2n) is 8.03. The van der Waals surface area contributed by atoms with E-state index in [2.05, 4.69) is 20.2 Å². The Morgan fingerprint density at radius 1 is 1.23 bits per heavy atom. The molecule has 0 radical (unpaired) electrons. The lowest BCUT2D eigenvalue weighted by Gasteiger charge is -2.28. The number of ether oxygens (including phenoxy) is 2. The van der Waals surface area contributed by atoms with Crippen LogP contribution in [-0.2, 0) is 20.8 Å². The molecule has 0 atom stereocenters. The van der Waals surface area contributed by atoms with E-state index >= 15 is 0 Å². The molecule has 10 nitrogen and oxygen atoms in total. The lowest BCUT2D eigenvalue weighted by molar-refractivity contribution is -0.155. The van der Waals surface area contributed by atoms with Crippen molar-refractivity contribution in [3.63, 3.8) is 0 Å². The first-order valence-electron chi connectivity index (χ1n) is 9.75. The molecule has 4 rings (SSSR count). The van der Waals surface area contributed by atoms with Gasteiger partial charge in [-0.3, -0.25) is 4.79 Å². The zero-order valence-corrected chi connectivity index (χ0v) is 17.2. The maximum Gasteiger partial charge on any atom is 0.328 e. The zero-order valence-electron chi connectivity index (χ0n) is 17.2. The molecule has 1 fully saturated rings.